The smallest absolute Gasteiger partial charge is 0.0127 e. The third-order valence-electron chi connectivity index (χ3n) is 3.69. The molecule has 13 heavy (non-hydrogen) atoms. The highest BCUT2D eigenvalue weighted by Gasteiger charge is 2.42. The van der Waals surface area contributed by atoms with Crippen molar-refractivity contribution >= 4 is 0 Å². The maximum absolute atomic E-state index is 3.29. The van der Waals surface area contributed by atoms with Gasteiger partial charge in [0.1, 0.15) is 0 Å². The molecule has 2 aliphatic rings. The van der Waals surface area contributed by atoms with Crippen molar-refractivity contribution in [3.05, 3.63) is 0 Å². The van der Waals surface area contributed by atoms with Crippen molar-refractivity contribution in [2.75, 3.05) is 26.7 Å². The Balaban J connectivity index is 1.73. The van der Waals surface area contributed by atoms with E-state index in [4.69, 9.17) is 0 Å². The lowest BCUT2D eigenvalue weighted by Gasteiger charge is -2.15. The summed E-state index contributed by atoms with van der Waals surface area (Å²) in [5.74, 6) is 1.96. The summed E-state index contributed by atoms with van der Waals surface area (Å²) in [6.45, 7) is 6.24. The maximum Gasteiger partial charge on any atom is 0.0127 e. The maximum atomic E-state index is 3.29. The molecule has 2 fully saturated rings. The van der Waals surface area contributed by atoms with Crippen molar-refractivity contribution in [1.29, 1.82) is 0 Å². The number of likely N-dealkylation sites (tertiary alicyclic amines) is 1. The third-order valence-corrected chi connectivity index (χ3v) is 3.69. The first-order valence-corrected chi connectivity index (χ1v) is 5.73. The summed E-state index contributed by atoms with van der Waals surface area (Å²) in [6, 6.07) is 0.965. The van der Waals surface area contributed by atoms with Crippen LogP contribution in [0.2, 0.25) is 0 Å². The van der Waals surface area contributed by atoms with Crippen LogP contribution < -0.4 is 5.32 Å². The zero-order chi connectivity index (χ0) is 9.26. The monoisotopic (exact) mass is 182 g/mol. The second-order valence-electron chi connectivity index (χ2n) is 4.68. The normalized spacial score (nSPS) is 39.7. The Morgan fingerprint density at radius 3 is 2.92 bits per heavy atom. The van der Waals surface area contributed by atoms with E-state index in [0.29, 0.717) is 0 Å². The van der Waals surface area contributed by atoms with Crippen LogP contribution in [0.15, 0.2) is 0 Å². The Morgan fingerprint density at radius 1 is 1.46 bits per heavy atom. The van der Waals surface area contributed by atoms with E-state index in [1.807, 2.05) is 0 Å². The van der Waals surface area contributed by atoms with Crippen LogP contribution in [0.1, 0.15) is 26.2 Å². The summed E-state index contributed by atoms with van der Waals surface area (Å²) in [6.07, 6.45) is 4.27. The second kappa shape index (κ2) is 3.97. The van der Waals surface area contributed by atoms with Gasteiger partial charge in [-0.25, -0.2) is 0 Å². The fourth-order valence-electron chi connectivity index (χ4n) is 2.74. The van der Waals surface area contributed by atoms with Crippen molar-refractivity contribution in [3.8, 4) is 0 Å². The van der Waals surface area contributed by atoms with Crippen LogP contribution >= 0.6 is 0 Å². The molecule has 1 saturated carbocycles. The van der Waals surface area contributed by atoms with Gasteiger partial charge in [0.15, 0.2) is 0 Å². The van der Waals surface area contributed by atoms with Gasteiger partial charge in [0.05, 0.1) is 0 Å². The van der Waals surface area contributed by atoms with Crippen LogP contribution in [0, 0.1) is 11.8 Å². The summed E-state index contributed by atoms with van der Waals surface area (Å²) >= 11 is 0. The molecule has 0 spiro atoms. The molecule has 3 unspecified atom stereocenters. The third kappa shape index (κ3) is 2.05. The minimum absolute atomic E-state index is 0.920. The van der Waals surface area contributed by atoms with Crippen molar-refractivity contribution < 1.29 is 0 Å². The first kappa shape index (κ1) is 9.47. The van der Waals surface area contributed by atoms with Gasteiger partial charge >= 0.3 is 0 Å². The molecule has 3 atom stereocenters. The fourth-order valence-corrected chi connectivity index (χ4v) is 2.74. The van der Waals surface area contributed by atoms with E-state index < -0.39 is 0 Å². The molecule has 0 aromatic carbocycles. The zero-order valence-electron chi connectivity index (χ0n) is 8.92. The topological polar surface area (TPSA) is 15.3 Å². The average Bonchev–Trinajstić information content (AvgIpc) is 2.80. The predicted octanol–water partition coefficient (Wildman–Crippen LogP) is 1.33. The van der Waals surface area contributed by atoms with Gasteiger partial charge in [-0.15, -0.1) is 0 Å². The van der Waals surface area contributed by atoms with Gasteiger partial charge < -0.3 is 5.32 Å². The van der Waals surface area contributed by atoms with Crippen LogP contribution in [-0.4, -0.2) is 37.6 Å². The molecule has 1 aliphatic carbocycles. The largest absolute Gasteiger partial charge is 0.319 e. The van der Waals surface area contributed by atoms with Gasteiger partial charge in [0.2, 0.25) is 0 Å². The molecule has 1 aliphatic heterocycles. The van der Waals surface area contributed by atoms with Crippen molar-refractivity contribution in [3.63, 3.8) is 0 Å². The summed E-state index contributed by atoms with van der Waals surface area (Å²) in [5.41, 5.74) is 0. The van der Waals surface area contributed by atoms with E-state index in [1.165, 1.54) is 38.9 Å². The molecule has 0 bridgehead atoms. The van der Waals surface area contributed by atoms with E-state index in [2.05, 4.69) is 24.2 Å². The van der Waals surface area contributed by atoms with E-state index in [9.17, 15) is 0 Å². The first-order chi connectivity index (χ1) is 6.35. The second-order valence-corrected chi connectivity index (χ2v) is 4.68. The molecule has 0 aromatic rings. The molecule has 2 rings (SSSR count). The SMILES string of the molecule is CCC1CC1N1CCC(CNC)C1. The lowest BCUT2D eigenvalue weighted by molar-refractivity contribution is 0.297. The molecule has 1 saturated heterocycles. The summed E-state index contributed by atoms with van der Waals surface area (Å²) < 4.78 is 0. The van der Waals surface area contributed by atoms with Crippen molar-refractivity contribution in [2.45, 2.75) is 32.2 Å². The van der Waals surface area contributed by atoms with E-state index >= 15 is 0 Å². The highest BCUT2D eigenvalue weighted by Crippen LogP contribution is 2.40. The molecule has 2 heteroatoms. The summed E-state index contributed by atoms with van der Waals surface area (Å²) in [4.78, 5) is 2.72. The number of hydrogen-bond acceptors (Lipinski definition) is 2. The molecular formula is C11H22N2. The molecule has 1 N–H and O–H groups in total. The average molecular weight is 182 g/mol. The van der Waals surface area contributed by atoms with Gasteiger partial charge in [-0.05, 0) is 44.8 Å². The molecule has 0 amide bonds. The molecule has 76 valence electrons. The number of hydrogen-bond donors (Lipinski definition) is 1. The van der Waals surface area contributed by atoms with Crippen LogP contribution in [0.5, 0.6) is 0 Å². The van der Waals surface area contributed by atoms with Crippen molar-refractivity contribution in [1.82, 2.24) is 10.2 Å². The van der Waals surface area contributed by atoms with E-state index in [1.54, 1.807) is 0 Å². The molecular weight excluding hydrogens is 160 g/mol. The lowest BCUT2D eigenvalue weighted by atomic mass is 10.1. The van der Waals surface area contributed by atoms with Crippen LogP contribution in [-0.2, 0) is 0 Å². The molecule has 1 heterocycles. The number of rotatable bonds is 4. The first-order valence-electron chi connectivity index (χ1n) is 5.73. The Kier molecular flexibility index (Phi) is 2.89. The van der Waals surface area contributed by atoms with E-state index in [-0.39, 0.29) is 0 Å². The van der Waals surface area contributed by atoms with Gasteiger partial charge in [-0.1, -0.05) is 13.3 Å². The highest BCUT2D eigenvalue weighted by molar-refractivity contribution is 4.96. The highest BCUT2D eigenvalue weighted by atomic mass is 15.2. The molecule has 0 aromatic heterocycles. The standard InChI is InChI=1S/C11H22N2/c1-3-10-6-11(10)13-5-4-9(8-13)7-12-2/h9-12H,3-8H2,1-2H3. The Hall–Kier alpha value is -0.0800. The van der Waals surface area contributed by atoms with Gasteiger partial charge in [0.25, 0.3) is 0 Å². The van der Waals surface area contributed by atoms with Crippen LogP contribution in [0.25, 0.3) is 0 Å². The summed E-state index contributed by atoms with van der Waals surface area (Å²) in [5, 5.41) is 3.29. The molecule has 2 nitrogen and oxygen atoms in total. The summed E-state index contributed by atoms with van der Waals surface area (Å²) in [7, 11) is 2.06. The zero-order valence-corrected chi connectivity index (χ0v) is 8.92. The number of nitrogens with zero attached hydrogens (tertiary/aromatic N) is 1. The Bertz CT molecular complexity index is 169. The quantitative estimate of drug-likeness (QED) is 0.705. The van der Waals surface area contributed by atoms with Crippen LogP contribution in [0.4, 0.5) is 0 Å². The van der Waals surface area contributed by atoms with E-state index in [0.717, 1.165) is 17.9 Å². The Morgan fingerprint density at radius 2 is 2.31 bits per heavy atom. The van der Waals surface area contributed by atoms with Gasteiger partial charge in [-0.2, -0.15) is 0 Å². The fraction of sp³-hybridized carbons (Fsp3) is 1.00. The van der Waals surface area contributed by atoms with Gasteiger partial charge in [-0.3, -0.25) is 4.90 Å². The molecule has 0 radical (unpaired) electrons. The predicted molar refractivity (Wildman–Crippen MR) is 55.8 cm³/mol. The van der Waals surface area contributed by atoms with Gasteiger partial charge in [0, 0.05) is 12.6 Å². The minimum atomic E-state index is 0.920. The Labute approximate surface area is 81.7 Å². The minimum Gasteiger partial charge on any atom is -0.319 e. The number of nitrogens with one attached hydrogen (secondary N) is 1. The lowest BCUT2D eigenvalue weighted by Crippen LogP contribution is -2.27. The van der Waals surface area contributed by atoms with Crippen molar-refractivity contribution in [2.24, 2.45) is 11.8 Å². The van der Waals surface area contributed by atoms with Crippen LogP contribution in [0.3, 0.4) is 0 Å².